The topological polar surface area (TPSA) is 41.8 Å². The molecule has 0 aliphatic carbocycles. The molecule has 7 heteroatoms. The summed E-state index contributed by atoms with van der Waals surface area (Å²) in [5.41, 5.74) is 1.14. The highest BCUT2D eigenvalue weighted by atomic mass is 127. The van der Waals surface area contributed by atoms with Crippen molar-refractivity contribution in [3.63, 3.8) is 0 Å². The predicted octanol–water partition coefficient (Wildman–Crippen LogP) is 2.34. The van der Waals surface area contributed by atoms with E-state index in [1.54, 1.807) is 7.05 Å². The molecule has 0 atom stereocenters. The van der Waals surface area contributed by atoms with Crippen LogP contribution in [0.1, 0.15) is 12.6 Å². The summed E-state index contributed by atoms with van der Waals surface area (Å²) >= 11 is 5.98. The van der Waals surface area contributed by atoms with Gasteiger partial charge in [0.05, 0.1) is 18.2 Å². The van der Waals surface area contributed by atoms with E-state index >= 15 is 0 Å². The van der Waals surface area contributed by atoms with Crippen molar-refractivity contribution in [3.05, 3.63) is 23.0 Å². The highest BCUT2D eigenvalue weighted by Gasteiger charge is 2.09. The van der Waals surface area contributed by atoms with Crippen LogP contribution < -0.4 is 5.32 Å². The number of aromatic nitrogens is 1. The first-order chi connectivity index (χ1) is 9.08. The van der Waals surface area contributed by atoms with Gasteiger partial charge < -0.3 is 19.5 Å². The normalized spacial score (nSPS) is 11.2. The third-order valence-corrected chi connectivity index (χ3v) is 2.99. The average molecular weight is 415 g/mol. The lowest BCUT2D eigenvalue weighted by atomic mass is 10.4. The molecular weight excluding hydrogens is 391 g/mol. The Bertz CT molecular complexity index is 423. The van der Waals surface area contributed by atoms with Gasteiger partial charge in [-0.25, -0.2) is 0 Å². The summed E-state index contributed by atoms with van der Waals surface area (Å²) in [5.74, 6) is 0.844. The number of halogens is 2. The maximum Gasteiger partial charge on any atom is 0.193 e. The molecule has 0 bridgehead atoms. The van der Waals surface area contributed by atoms with E-state index in [-0.39, 0.29) is 24.0 Å². The van der Waals surface area contributed by atoms with Crippen molar-refractivity contribution in [2.45, 2.75) is 13.5 Å². The fourth-order valence-corrected chi connectivity index (χ4v) is 2.08. The number of hydrogen-bond acceptors (Lipinski definition) is 2. The zero-order valence-electron chi connectivity index (χ0n) is 12.5. The molecule has 5 nitrogen and oxygen atoms in total. The Kier molecular flexibility index (Phi) is 10.0. The molecule has 0 unspecified atom stereocenters. The first kappa shape index (κ1) is 19.5. The maximum absolute atomic E-state index is 5.98. The first-order valence-electron chi connectivity index (χ1n) is 6.38. The molecule has 20 heavy (non-hydrogen) atoms. The van der Waals surface area contributed by atoms with Crippen molar-refractivity contribution < 1.29 is 4.74 Å². The van der Waals surface area contributed by atoms with Gasteiger partial charge in [-0.1, -0.05) is 11.6 Å². The van der Waals surface area contributed by atoms with Crippen LogP contribution in [0.25, 0.3) is 0 Å². The summed E-state index contributed by atoms with van der Waals surface area (Å²) in [6.07, 6.45) is 1.90. The summed E-state index contributed by atoms with van der Waals surface area (Å²) in [6, 6.07) is 1.96. The van der Waals surface area contributed by atoms with Crippen LogP contribution in [0, 0.1) is 0 Å². The van der Waals surface area contributed by atoms with E-state index in [0.29, 0.717) is 6.61 Å². The Hall–Kier alpha value is -0.470. The lowest BCUT2D eigenvalue weighted by Crippen LogP contribution is -2.40. The van der Waals surface area contributed by atoms with Gasteiger partial charge >= 0.3 is 0 Å². The summed E-state index contributed by atoms with van der Waals surface area (Å²) < 4.78 is 7.31. The highest BCUT2D eigenvalue weighted by Crippen LogP contribution is 2.14. The Balaban J connectivity index is 0.00000361. The smallest absolute Gasteiger partial charge is 0.193 e. The number of ether oxygens (including phenoxy) is 1. The fraction of sp³-hybridized carbons (Fsp3) is 0.615. The van der Waals surface area contributed by atoms with Gasteiger partial charge in [-0.05, 0) is 13.0 Å². The van der Waals surface area contributed by atoms with E-state index in [2.05, 4.69) is 15.2 Å². The van der Waals surface area contributed by atoms with Gasteiger partial charge in [-0.3, -0.25) is 4.99 Å². The molecule has 0 aromatic carbocycles. The molecule has 1 heterocycles. The Morgan fingerprint density at radius 2 is 2.25 bits per heavy atom. The molecular formula is C13H24ClIN4O. The van der Waals surface area contributed by atoms with Crippen LogP contribution in [0.3, 0.4) is 0 Å². The summed E-state index contributed by atoms with van der Waals surface area (Å²) in [6.45, 7) is 4.90. The number of nitrogens with one attached hydrogen (secondary N) is 1. The van der Waals surface area contributed by atoms with E-state index in [4.69, 9.17) is 16.3 Å². The second kappa shape index (κ2) is 10.3. The second-order valence-electron chi connectivity index (χ2n) is 4.29. The molecule has 1 aromatic rings. The largest absolute Gasteiger partial charge is 0.380 e. The number of aliphatic imine (C=N–C) groups is 1. The van der Waals surface area contributed by atoms with Gasteiger partial charge in [0, 0.05) is 46.2 Å². The highest BCUT2D eigenvalue weighted by molar-refractivity contribution is 14.0. The van der Waals surface area contributed by atoms with Crippen LogP contribution >= 0.6 is 35.6 Å². The Morgan fingerprint density at radius 3 is 2.75 bits per heavy atom. The van der Waals surface area contributed by atoms with Crippen LogP contribution in [0.15, 0.2) is 17.3 Å². The van der Waals surface area contributed by atoms with Crippen molar-refractivity contribution in [3.8, 4) is 0 Å². The van der Waals surface area contributed by atoms with Crippen molar-refractivity contribution in [2.24, 2.45) is 12.0 Å². The number of aryl methyl sites for hydroxylation is 1. The van der Waals surface area contributed by atoms with Gasteiger partial charge in [0.1, 0.15) is 0 Å². The van der Waals surface area contributed by atoms with Crippen LogP contribution in [0.2, 0.25) is 5.02 Å². The van der Waals surface area contributed by atoms with Gasteiger partial charge in [0.2, 0.25) is 0 Å². The van der Waals surface area contributed by atoms with Crippen molar-refractivity contribution >= 4 is 41.5 Å². The molecule has 0 radical (unpaired) electrons. The van der Waals surface area contributed by atoms with E-state index in [9.17, 15) is 0 Å². The number of hydrogen-bond donors (Lipinski definition) is 1. The van der Waals surface area contributed by atoms with Crippen LogP contribution in [0.4, 0.5) is 0 Å². The quantitative estimate of drug-likeness (QED) is 0.336. The third kappa shape index (κ3) is 6.32. The lowest BCUT2D eigenvalue weighted by Gasteiger charge is -2.22. The molecule has 0 spiro atoms. The van der Waals surface area contributed by atoms with Crippen LogP contribution in [0.5, 0.6) is 0 Å². The maximum atomic E-state index is 5.98. The standard InChI is InChI=1S/C13H23ClN4O.HI/c1-5-19-7-6-16-13(15-2)18(4)10-12-8-11(14)9-17(12)3;/h8-9H,5-7,10H2,1-4H3,(H,15,16);1H. The minimum atomic E-state index is 0. The predicted molar refractivity (Wildman–Crippen MR) is 95.2 cm³/mol. The first-order valence-corrected chi connectivity index (χ1v) is 6.76. The van der Waals surface area contributed by atoms with E-state index in [0.717, 1.165) is 36.4 Å². The molecule has 0 aliphatic heterocycles. The van der Waals surface area contributed by atoms with Gasteiger partial charge in [0.25, 0.3) is 0 Å². The van der Waals surface area contributed by atoms with Gasteiger partial charge in [-0.2, -0.15) is 0 Å². The molecule has 116 valence electrons. The van der Waals surface area contributed by atoms with Crippen molar-refractivity contribution in [1.82, 2.24) is 14.8 Å². The molecule has 1 rings (SSSR count). The number of rotatable bonds is 6. The second-order valence-corrected chi connectivity index (χ2v) is 4.72. The number of nitrogens with zero attached hydrogens (tertiary/aromatic N) is 3. The molecule has 0 amide bonds. The Morgan fingerprint density at radius 1 is 1.55 bits per heavy atom. The van der Waals surface area contributed by atoms with Crippen molar-refractivity contribution in [2.75, 3.05) is 33.9 Å². The Labute approximate surface area is 143 Å². The molecule has 0 fully saturated rings. The minimum Gasteiger partial charge on any atom is -0.380 e. The fourth-order valence-electron chi connectivity index (χ4n) is 1.81. The molecule has 0 saturated heterocycles. The lowest BCUT2D eigenvalue weighted by molar-refractivity contribution is 0.152. The number of guanidine groups is 1. The molecule has 1 aromatic heterocycles. The van der Waals surface area contributed by atoms with Gasteiger partial charge in [0.15, 0.2) is 5.96 Å². The summed E-state index contributed by atoms with van der Waals surface area (Å²) in [7, 11) is 5.76. The molecule has 0 saturated carbocycles. The van der Waals surface area contributed by atoms with Crippen molar-refractivity contribution in [1.29, 1.82) is 0 Å². The zero-order chi connectivity index (χ0) is 14.3. The zero-order valence-corrected chi connectivity index (χ0v) is 15.6. The van der Waals surface area contributed by atoms with E-state index in [1.807, 2.05) is 37.8 Å². The van der Waals surface area contributed by atoms with Gasteiger partial charge in [-0.15, -0.1) is 24.0 Å². The van der Waals surface area contributed by atoms with E-state index in [1.165, 1.54) is 0 Å². The van der Waals surface area contributed by atoms with E-state index < -0.39 is 0 Å². The molecule has 1 N–H and O–H groups in total. The monoisotopic (exact) mass is 414 g/mol. The molecule has 0 aliphatic rings. The van der Waals surface area contributed by atoms with Crippen LogP contribution in [-0.4, -0.2) is 49.3 Å². The SMILES string of the molecule is CCOCCNC(=NC)N(C)Cc1cc(Cl)cn1C.I. The summed E-state index contributed by atoms with van der Waals surface area (Å²) in [5, 5.41) is 4.01. The average Bonchev–Trinajstić information content (AvgIpc) is 2.68. The minimum absolute atomic E-state index is 0. The third-order valence-electron chi connectivity index (χ3n) is 2.78. The van der Waals surface area contributed by atoms with Crippen LogP contribution in [-0.2, 0) is 18.3 Å². The summed E-state index contributed by atoms with van der Waals surface area (Å²) in [4.78, 5) is 6.31.